The van der Waals surface area contributed by atoms with Gasteiger partial charge in [0.2, 0.25) is 5.91 Å². The molecule has 3 heterocycles. The fraction of sp³-hybridized carbons (Fsp3) is 0.286. The number of hydrogen-bond donors (Lipinski definition) is 2. The summed E-state index contributed by atoms with van der Waals surface area (Å²) >= 11 is 0. The number of carbonyl (C=O) groups is 2. The van der Waals surface area contributed by atoms with Crippen LogP contribution in [0.15, 0.2) is 45.7 Å². The van der Waals surface area contributed by atoms with Crippen LogP contribution in [-0.2, 0) is 17.6 Å². The van der Waals surface area contributed by atoms with Gasteiger partial charge in [0.15, 0.2) is 0 Å². The Morgan fingerprint density at radius 1 is 1.21 bits per heavy atom. The van der Waals surface area contributed by atoms with E-state index in [1.165, 1.54) is 4.90 Å². The minimum atomic E-state index is -0.648. The zero-order valence-corrected chi connectivity index (χ0v) is 15.6. The van der Waals surface area contributed by atoms with Gasteiger partial charge in [0.1, 0.15) is 11.3 Å². The Hall–Kier alpha value is -3.35. The van der Waals surface area contributed by atoms with Crippen LogP contribution >= 0.6 is 0 Å². The summed E-state index contributed by atoms with van der Waals surface area (Å²) in [6.07, 6.45) is 3.24. The molecule has 2 N–H and O–H groups in total. The van der Waals surface area contributed by atoms with Crippen molar-refractivity contribution in [3.05, 3.63) is 69.4 Å². The molecule has 0 spiro atoms. The van der Waals surface area contributed by atoms with Crippen LogP contribution in [0.25, 0.3) is 10.9 Å². The maximum atomic E-state index is 12.7. The predicted octanol–water partition coefficient (Wildman–Crippen LogP) is 1.79. The van der Waals surface area contributed by atoms with Crippen molar-refractivity contribution in [3.8, 4) is 0 Å². The molecule has 0 radical (unpaired) electrons. The van der Waals surface area contributed by atoms with Gasteiger partial charge in [0.25, 0.3) is 5.91 Å². The van der Waals surface area contributed by atoms with Gasteiger partial charge in [0, 0.05) is 36.6 Å². The van der Waals surface area contributed by atoms with Crippen LogP contribution < -0.4 is 10.9 Å². The first-order valence-corrected chi connectivity index (χ1v) is 9.27. The molecule has 7 nitrogen and oxygen atoms in total. The molecule has 3 aromatic rings. The lowest BCUT2D eigenvalue weighted by Crippen LogP contribution is -2.50. The van der Waals surface area contributed by atoms with E-state index in [4.69, 9.17) is 4.42 Å². The number of aromatic amines is 1. The number of nitrogens with one attached hydrogen (secondary N) is 2. The molecule has 28 heavy (non-hydrogen) atoms. The third-order valence-electron chi connectivity index (χ3n) is 5.05. The second-order valence-corrected chi connectivity index (χ2v) is 6.99. The average molecular weight is 379 g/mol. The van der Waals surface area contributed by atoms with Crippen LogP contribution in [0.3, 0.4) is 0 Å². The van der Waals surface area contributed by atoms with Gasteiger partial charge in [-0.3, -0.25) is 9.59 Å². The number of rotatable bonds is 4. The van der Waals surface area contributed by atoms with Gasteiger partial charge in [-0.25, -0.2) is 4.79 Å². The monoisotopic (exact) mass is 379 g/mol. The second kappa shape index (κ2) is 7.34. The van der Waals surface area contributed by atoms with Crippen LogP contribution in [0, 0.1) is 6.92 Å². The largest absolute Gasteiger partial charge is 0.427 e. The van der Waals surface area contributed by atoms with Crippen molar-refractivity contribution < 1.29 is 14.0 Å². The van der Waals surface area contributed by atoms with E-state index in [2.05, 4.69) is 16.4 Å². The zero-order valence-electron chi connectivity index (χ0n) is 15.6. The summed E-state index contributed by atoms with van der Waals surface area (Å²) in [5.41, 5.74) is 2.15. The molecule has 1 aliphatic heterocycles. The fourth-order valence-corrected chi connectivity index (χ4v) is 3.62. The molecule has 1 aromatic carbocycles. The number of carbonyl (C=O) groups excluding carboxylic acids is 2. The third kappa shape index (κ3) is 3.43. The van der Waals surface area contributed by atoms with E-state index in [1.807, 2.05) is 24.4 Å². The lowest BCUT2D eigenvalue weighted by atomic mass is 10.0. The average Bonchev–Trinajstić information content (AvgIpc) is 3.09. The minimum absolute atomic E-state index is 0.00513. The molecule has 1 saturated heterocycles. The molecule has 2 aromatic heterocycles. The van der Waals surface area contributed by atoms with Gasteiger partial charge in [-0.1, -0.05) is 18.2 Å². The van der Waals surface area contributed by atoms with Crippen LogP contribution in [0.5, 0.6) is 0 Å². The maximum absolute atomic E-state index is 12.7. The number of para-hydroxylation sites is 1. The molecule has 1 aliphatic rings. The third-order valence-corrected chi connectivity index (χ3v) is 5.05. The van der Waals surface area contributed by atoms with E-state index in [0.717, 1.165) is 16.5 Å². The van der Waals surface area contributed by atoms with E-state index in [-0.39, 0.29) is 18.0 Å². The fourth-order valence-electron chi connectivity index (χ4n) is 3.62. The lowest BCUT2D eigenvalue weighted by Gasteiger charge is -2.26. The number of H-pyrrole nitrogens is 1. The molecule has 144 valence electrons. The van der Waals surface area contributed by atoms with Crippen LogP contribution in [0.2, 0.25) is 0 Å². The Labute approximate surface area is 161 Å². The summed E-state index contributed by atoms with van der Waals surface area (Å²) in [6, 6.07) is 9.79. The van der Waals surface area contributed by atoms with E-state index in [0.29, 0.717) is 37.3 Å². The van der Waals surface area contributed by atoms with E-state index in [1.54, 1.807) is 13.0 Å². The zero-order chi connectivity index (χ0) is 19.7. The normalized spacial score (nSPS) is 14.3. The Morgan fingerprint density at radius 3 is 2.82 bits per heavy atom. The first-order valence-electron chi connectivity index (χ1n) is 9.27. The van der Waals surface area contributed by atoms with Crippen molar-refractivity contribution in [2.75, 3.05) is 19.6 Å². The topological polar surface area (TPSA) is 95.4 Å². The van der Waals surface area contributed by atoms with Gasteiger partial charge in [-0.15, -0.1) is 0 Å². The van der Waals surface area contributed by atoms with Gasteiger partial charge in [0.05, 0.1) is 6.54 Å². The Morgan fingerprint density at radius 2 is 2.04 bits per heavy atom. The Balaban J connectivity index is 1.53. The molecular formula is C21H21N3O4. The van der Waals surface area contributed by atoms with Gasteiger partial charge < -0.3 is 19.6 Å². The Kier molecular flexibility index (Phi) is 4.73. The summed E-state index contributed by atoms with van der Waals surface area (Å²) in [7, 11) is 0. The molecule has 0 saturated carbocycles. The Bertz CT molecular complexity index is 1110. The van der Waals surface area contributed by atoms with Crippen molar-refractivity contribution >= 4 is 22.7 Å². The number of fused-ring (bicyclic) bond motifs is 1. The maximum Gasteiger partial charge on any atom is 0.349 e. The quantitative estimate of drug-likeness (QED) is 0.722. The molecule has 0 atom stereocenters. The van der Waals surface area contributed by atoms with Gasteiger partial charge in [-0.2, -0.15) is 0 Å². The van der Waals surface area contributed by atoms with Crippen molar-refractivity contribution in [3.63, 3.8) is 0 Å². The molecule has 0 aliphatic carbocycles. The molecule has 4 rings (SSSR count). The standard InChI is InChI=1S/C21H21N3O4/c1-13-10-15(7-6-14-11-23-17-5-3-2-4-16(14)17)28-21(27)19(13)20(26)24-9-8-22-18(25)12-24/h2-5,10-11,23H,6-9,12H2,1H3,(H,22,25). The van der Waals surface area contributed by atoms with E-state index in [9.17, 15) is 14.4 Å². The summed E-state index contributed by atoms with van der Waals surface area (Å²) in [6.45, 7) is 2.45. The van der Waals surface area contributed by atoms with Crippen LogP contribution in [0.4, 0.5) is 0 Å². The summed E-state index contributed by atoms with van der Waals surface area (Å²) < 4.78 is 5.42. The SMILES string of the molecule is Cc1cc(CCc2c[nH]c3ccccc23)oc(=O)c1C(=O)N1CCNC(=O)C1. The molecule has 7 heteroatoms. The number of amides is 2. The number of hydrogen-bond acceptors (Lipinski definition) is 4. The van der Waals surface area contributed by atoms with Gasteiger partial charge >= 0.3 is 5.63 Å². The van der Waals surface area contributed by atoms with Crippen molar-refractivity contribution in [1.29, 1.82) is 0 Å². The molecule has 0 bridgehead atoms. The highest BCUT2D eigenvalue weighted by atomic mass is 16.4. The van der Waals surface area contributed by atoms with Crippen LogP contribution in [-0.4, -0.2) is 41.3 Å². The van der Waals surface area contributed by atoms with E-state index >= 15 is 0 Å². The summed E-state index contributed by atoms with van der Waals surface area (Å²) in [5.74, 6) is -0.137. The highest BCUT2D eigenvalue weighted by molar-refractivity contribution is 5.97. The first kappa shape index (κ1) is 18.0. The predicted molar refractivity (Wildman–Crippen MR) is 104 cm³/mol. The molecule has 2 amide bonds. The smallest absolute Gasteiger partial charge is 0.349 e. The first-order chi connectivity index (χ1) is 13.5. The lowest BCUT2D eigenvalue weighted by molar-refractivity contribution is -0.123. The van der Waals surface area contributed by atoms with Crippen molar-refractivity contribution in [2.24, 2.45) is 0 Å². The van der Waals surface area contributed by atoms with E-state index < -0.39 is 11.5 Å². The second-order valence-electron chi connectivity index (χ2n) is 6.99. The molecule has 0 unspecified atom stereocenters. The number of nitrogens with zero attached hydrogens (tertiary/aromatic N) is 1. The number of aromatic nitrogens is 1. The van der Waals surface area contributed by atoms with Crippen molar-refractivity contribution in [2.45, 2.75) is 19.8 Å². The minimum Gasteiger partial charge on any atom is -0.427 e. The molecule has 1 fully saturated rings. The number of benzene rings is 1. The van der Waals surface area contributed by atoms with Crippen LogP contribution in [0.1, 0.15) is 27.2 Å². The summed E-state index contributed by atoms with van der Waals surface area (Å²) in [5, 5.41) is 3.81. The highest BCUT2D eigenvalue weighted by Gasteiger charge is 2.26. The highest BCUT2D eigenvalue weighted by Crippen LogP contribution is 2.20. The molecular weight excluding hydrogens is 358 g/mol. The number of aryl methyl sites for hydroxylation is 3. The number of piperazine rings is 1. The van der Waals surface area contributed by atoms with Crippen molar-refractivity contribution in [1.82, 2.24) is 15.2 Å². The van der Waals surface area contributed by atoms with Gasteiger partial charge in [-0.05, 0) is 36.6 Å². The summed E-state index contributed by atoms with van der Waals surface area (Å²) in [4.78, 5) is 41.3.